The highest BCUT2D eigenvalue weighted by atomic mass is 16.6. The van der Waals surface area contributed by atoms with Crippen molar-refractivity contribution in [3.05, 3.63) is 155 Å². The summed E-state index contributed by atoms with van der Waals surface area (Å²) < 4.78 is 13.1. The Hall–Kier alpha value is -5.03. The van der Waals surface area contributed by atoms with Crippen molar-refractivity contribution < 1.29 is 14.3 Å². The van der Waals surface area contributed by atoms with E-state index in [-0.39, 0.29) is 5.97 Å². The van der Waals surface area contributed by atoms with E-state index in [4.69, 9.17) is 9.47 Å². The minimum Gasteiger partial charge on any atom is -0.456 e. The molecule has 0 N–H and O–H groups in total. The van der Waals surface area contributed by atoms with Crippen molar-refractivity contribution in [2.45, 2.75) is 32.5 Å². The lowest BCUT2D eigenvalue weighted by Gasteiger charge is -2.39. The monoisotopic (exact) mass is 566 g/mol. The molecule has 5 aromatic rings. The SMILES string of the molecule is CCN(CC)c1cc2c(cc1N(Cc1ccccc1)Cc1ccccc1)C1(OC(=O)c3ccccc31)c1ccccc1O2. The minimum absolute atomic E-state index is 0.321. The number of carbonyl (C=O) groups is 1. The van der Waals surface area contributed by atoms with Crippen LogP contribution in [-0.4, -0.2) is 19.1 Å². The number of hydrogen-bond acceptors (Lipinski definition) is 5. The Morgan fingerprint density at radius 3 is 1.79 bits per heavy atom. The van der Waals surface area contributed by atoms with Gasteiger partial charge in [-0.3, -0.25) is 0 Å². The summed E-state index contributed by atoms with van der Waals surface area (Å²) in [5.41, 5.74) is 6.58. The number of fused-ring (bicyclic) bond motifs is 6. The van der Waals surface area contributed by atoms with Gasteiger partial charge >= 0.3 is 5.97 Å². The van der Waals surface area contributed by atoms with Gasteiger partial charge in [-0.05, 0) is 43.2 Å². The van der Waals surface area contributed by atoms with Crippen LogP contribution in [0.5, 0.6) is 11.5 Å². The summed E-state index contributed by atoms with van der Waals surface area (Å²) in [5.74, 6) is 1.08. The number of benzene rings is 5. The molecule has 0 amide bonds. The van der Waals surface area contributed by atoms with Gasteiger partial charge in [0.1, 0.15) is 11.5 Å². The molecule has 1 spiro atoms. The summed E-state index contributed by atoms with van der Waals surface area (Å²) >= 11 is 0. The van der Waals surface area contributed by atoms with Crippen molar-refractivity contribution in [1.29, 1.82) is 0 Å². The summed E-state index contributed by atoms with van der Waals surface area (Å²) in [4.78, 5) is 18.2. The topological polar surface area (TPSA) is 42.0 Å². The van der Waals surface area contributed by atoms with Gasteiger partial charge in [-0.1, -0.05) is 97.1 Å². The summed E-state index contributed by atoms with van der Waals surface area (Å²) in [6.45, 7) is 7.46. The zero-order valence-electron chi connectivity index (χ0n) is 24.5. The van der Waals surface area contributed by atoms with Crippen LogP contribution < -0.4 is 14.5 Å². The molecule has 5 heteroatoms. The Morgan fingerprint density at radius 1 is 0.581 bits per heavy atom. The van der Waals surface area contributed by atoms with Crippen LogP contribution in [0.15, 0.2) is 121 Å². The fourth-order valence-corrected chi connectivity index (χ4v) is 6.55. The quantitative estimate of drug-likeness (QED) is 0.177. The predicted molar refractivity (Wildman–Crippen MR) is 171 cm³/mol. The van der Waals surface area contributed by atoms with Crippen molar-refractivity contribution in [2.75, 3.05) is 22.9 Å². The fraction of sp³-hybridized carbons (Fsp3) is 0.184. The van der Waals surface area contributed by atoms with E-state index in [1.165, 1.54) is 11.1 Å². The number of rotatable bonds is 8. The maximum atomic E-state index is 13.4. The predicted octanol–water partition coefficient (Wildman–Crippen LogP) is 8.31. The van der Waals surface area contributed by atoms with Gasteiger partial charge in [-0.15, -0.1) is 0 Å². The van der Waals surface area contributed by atoms with Crippen molar-refractivity contribution in [3.63, 3.8) is 0 Å². The average Bonchev–Trinajstić information content (AvgIpc) is 3.35. The summed E-state index contributed by atoms with van der Waals surface area (Å²) in [6, 6.07) is 41.1. The number of anilines is 2. The van der Waals surface area contributed by atoms with Crippen molar-refractivity contribution in [2.24, 2.45) is 0 Å². The third-order valence-corrected chi connectivity index (χ3v) is 8.59. The zero-order valence-corrected chi connectivity index (χ0v) is 24.5. The molecule has 1 unspecified atom stereocenters. The fourth-order valence-electron chi connectivity index (χ4n) is 6.55. The second-order valence-electron chi connectivity index (χ2n) is 11.1. The lowest BCUT2D eigenvalue weighted by atomic mass is 9.77. The van der Waals surface area contributed by atoms with Crippen LogP contribution in [0.2, 0.25) is 0 Å². The molecule has 2 heterocycles. The zero-order chi connectivity index (χ0) is 29.4. The first-order valence-electron chi connectivity index (χ1n) is 15.0. The Balaban J connectivity index is 1.49. The first-order chi connectivity index (χ1) is 21.1. The smallest absolute Gasteiger partial charge is 0.340 e. The molecule has 7 rings (SSSR count). The van der Waals surface area contributed by atoms with Gasteiger partial charge in [0.25, 0.3) is 0 Å². The van der Waals surface area contributed by atoms with Crippen LogP contribution in [0.4, 0.5) is 11.4 Å². The van der Waals surface area contributed by atoms with Gasteiger partial charge in [0.15, 0.2) is 5.60 Å². The third-order valence-electron chi connectivity index (χ3n) is 8.59. The van der Waals surface area contributed by atoms with Crippen molar-refractivity contribution >= 4 is 17.3 Å². The molecular formula is C38H34N2O3. The lowest BCUT2D eigenvalue weighted by molar-refractivity contribution is 0.0224. The third kappa shape index (κ3) is 4.52. The van der Waals surface area contributed by atoms with Crippen molar-refractivity contribution in [1.82, 2.24) is 0 Å². The summed E-state index contributed by atoms with van der Waals surface area (Å²) in [6.07, 6.45) is 0. The van der Waals surface area contributed by atoms with Crippen LogP contribution >= 0.6 is 0 Å². The van der Waals surface area contributed by atoms with Crippen LogP contribution in [0.1, 0.15) is 52.0 Å². The molecule has 0 bridgehead atoms. The molecule has 0 saturated carbocycles. The highest BCUT2D eigenvalue weighted by Crippen LogP contribution is 2.57. The highest BCUT2D eigenvalue weighted by molar-refractivity contribution is 5.97. The Morgan fingerprint density at radius 2 is 1.14 bits per heavy atom. The Labute approximate surface area is 252 Å². The van der Waals surface area contributed by atoms with Gasteiger partial charge in [-0.25, -0.2) is 4.79 Å². The lowest BCUT2D eigenvalue weighted by Crippen LogP contribution is -2.34. The van der Waals surface area contributed by atoms with E-state index < -0.39 is 5.60 Å². The summed E-state index contributed by atoms with van der Waals surface area (Å²) in [5, 5.41) is 0. The molecular weight excluding hydrogens is 532 g/mol. The van der Waals surface area contributed by atoms with E-state index in [0.717, 1.165) is 41.2 Å². The van der Waals surface area contributed by atoms with Crippen LogP contribution in [0.25, 0.3) is 0 Å². The highest BCUT2D eigenvalue weighted by Gasteiger charge is 2.53. The Bertz CT molecular complexity index is 1740. The number of hydrogen-bond donors (Lipinski definition) is 0. The van der Waals surface area contributed by atoms with E-state index in [1.807, 2.05) is 48.5 Å². The number of nitrogens with zero attached hydrogens (tertiary/aromatic N) is 2. The standard InChI is InChI=1S/C38H34N2O3/c1-3-39(4-2)34-24-36-32(23-33(34)40(25-27-15-7-5-8-16-27)26-28-17-9-6-10-18-28)38(31-21-13-14-22-35(31)42-36)30-20-12-11-19-29(30)37(41)43-38/h5-24H,3-4,25-26H2,1-2H3. The largest absolute Gasteiger partial charge is 0.456 e. The molecule has 0 fully saturated rings. The van der Waals surface area contributed by atoms with Gasteiger partial charge in [-0.2, -0.15) is 0 Å². The minimum atomic E-state index is -1.11. The molecule has 0 saturated heterocycles. The first-order valence-corrected chi connectivity index (χ1v) is 15.0. The average molecular weight is 567 g/mol. The van der Waals surface area contributed by atoms with E-state index in [0.29, 0.717) is 30.2 Å². The van der Waals surface area contributed by atoms with E-state index in [2.05, 4.69) is 96.4 Å². The normalized spacial score (nSPS) is 16.1. The molecule has 0 aliphatic carbocycles. The van der Waals surface area contributed by atoms with E-state index >= 15 is 0 Å². The maximum Gasteiger partial charge on any atom is 0.340 e. The molecule has 1 atom stereocenters. The molecule has 2 aliphatic heterocycles. The second kappa shape index (κ2) is 11.0. The van der Waals surface area contributed by atoms with Gasteiger partial charge in [0, 0.05) is 48.9 Å². The van der Waals surface area contributed by atoms with Crippen molar-refractivity contribution in [3.8, 4) is 11.5 Å². The number of esters is 1. The number of ether oxygens (including phenoxy) is 2. The van der Waals surface area contributed by atoms with Crippen LogP contribution in [-0.2, 0) is 23.4 Å². The molecule has 2 aliphatic rings. The van der Waals surface area contributed by atoms with Gasteiger partial charge in [0.05, 0.1) is 16.9 Å². The number of para-hydroxylation sites is 1. The molecule has 214 valence electrons. The molecule has 0 radical (unpaired) electrons. The first kappa shape index (κ1) is 26.8. The van der Waals surface area contributed by atoms with E-state index in [9.17, 15) is 4.79 Å². The maximum absolute atomic E-state index is 13.4. The molecule has 5 aromatic carbocycles. The Kier molecular flexibility index (Phi) is 6.86. The molecule has 5 nitrogen and oxygen atoms in total. The van der Waals surface area contributed by atoms with Gasteiger partial charge < -0.3 is 19.3 Å². The van der Waals surface area contributed by atoms with Crippen LogP contribution in [0.3, 0.4) is 0 Å². The van der Waals surface area contributed by atoms with Gasteiger partial charge in [0.2, 0.25) is 0 Å². The molecule has 0 aromatic heterocycles. The van der Waals surface area contributed by atoms with Crippen LogP contribution in [0, 0.1) is 0 Å². The molecule has 43 heavy (non-hydrogen) atoms. The second-order valence-corrected chi connectivity index (χ2v) is 11.1. The van der Waals surface area contributed by atoms with E-state index in [1.54, 1.807) is 0 Å². The number of carbonyl (C=O) groups excluding carboxylic acids is 1. The summed E-state index contributed by atoms with van der Waals surface area (Å²) in [7, 11) is 0.